The van der Waals surface area contributed by atoms with Gasteiger partial charge in [0.2, 0.25) is 0 Å². The van der Waals surface area contributed by atoms with Crippen LogP contribution in [0.3, 0.4) is 0 Å². The maximum Gasteiger partial charge on any atom is 0.155 e. The van der Waals surface area contributed by atoms with E-state index in [4.69, 9.17) is 9.97 Å². The van der Waals surface area contributed by atoms with Crippen molar-refractivity contribution in [1.82, 2.24) is 19.9 Å². The van der Waals surface area contributed by atoms with Crippen LogP contribution in [0.25, 0.3) is 30.8 Å². The van der Waals surface area contributed by atoms with E-state index < -0.39 is 0 Å². The van der Waals surface area contributed by atoms with Crippen molar-refractivity contribution in [3.05, 3.63) is 48.0 Å². The minimum Gasteiger partial charge on any atom is -0.261 e. The zero-order valence-electron chi connectivity index (χ0n) is 12.1. The minimum absolute atomic E-state index is 0.974. The first-order valence-corrected chi connectivity index (χ1v) is 8.47. The summed E-state index contributed by atoms with van der Waals surface area (Å²) in [6, 6.07) is 7.99. The fraction of sp³-hybridized carbons (Fsp3) is 0.125. The summed E-state index contributed by atoms with van der Waals surface area (Å²) in [4.78, 5) is 20.1. The summed E-state index contributed by atoms with van der Waals surface area (Å²) in [6.07, 6.45) is 3.60. The molecule has 4 aromatic rings. The second-order valence-electron chi connectivity index (χ2n) is 4.92. The van der Waals surface area contributed by atoms with E-state index >= 15 is 0 Å². The van der Waals surface area contributed by atoms with Crippen LogP contribution in [-0.2, 0) is 0 Å². The molecule has 4 aromatic heterocycles. The van der Waals surface area contributed by atoms with Gasteiger partial charge in [0.1, 0.15) is 10.0 Å². The molecule has 4 rings (SSSR count). The molecule has 4 nitrogen and oxygen atoms in total. The molecule has 108 valence electrons. The highest BCUT2D eigenvalue weighted by Crippen LogP contribution is 2.37. The number of pyridine rings is 2. The lowest BCUT2D eigenvalue weighted by Crippen LogP contribution is -1.85. The molecule has 0 spiro atoms. The van der Waals surface area contributed by atoms with Crippen molar-refractivity contribution in [3.8, 4) is 21.1 Å². The molecule has 0 bridgehead atoms. The molecule has 0 radical (unpaired) electrons. The van der Waals surface area contributed by atoms with Crippen molar-refractivity contribution in [2.75, 3.05) is 0 Å². The molecule has 0 aliphatic heterocycles. The number of fused-ring (bicyclic) bond motifs is 1. The summed E-state index contributed by atoms with van der Waals surface area (Å²) in [7, 11) is 0. The second-order valence-corrected chi connectivity index (χ2v) is 6.88. The first-order valence-electron chi connectivity index (χ1n) is 6.84. The molecule has 0 saturated heterocycles. The Morgan fingerprint density at radius 2 is 1.18 bits per heavy atom. The van der Waals surface area contributed by atoms with Crippen molar-refractivity contribution < 1.29 is 0 Å². The normalized spacial score (nSPS) is 11.2. The number of hydrogen-bond acceptors (Lipinski definition) is 6. The van der Waals surface area contributed by atoms with E-state index in [0.717, 1.165) is 42.2 Å². The molecule has 0 unspecified atom stereocenters. The average Bonchev–Trinajstić information content (AvgIpc) is 3.06. The van der Waals surface area contributed by atoms with Crippen molar-refractivity contribution >= 4 is 32.3 Å². The Kier molecular flexibility index (Phi) is 3.20. The summed E-state index contributed by atoms with van der Waals surface area (Å²) < 4.78 is 0. The Balaban J connectivity index is 1.81. The molecule has 0 aliphatic rings. The molecule has 6 heteroatoms. The number of nitrogens with zero attached hydrogens (tertiary/aromatic N) is 4. The zero-order chi connectivity index (χ0) is 15.1. The van der Waals surface area contributed by atoms with Crippen LogP contribution in [0.5, 0.6) is 0 Å². The monoisotopic (exact) mass is 324 g/mol. The molecule has 0 aromatic carbocycles. The van der Waals surface area contributed by atoms with Gasteiger partial charge < -0.3 is 0 Å². The third-order valence-corrected chi connectivity index (χ3v) is 5.54. The summed E-state index contributed by atoms with van der Waals surface area (Å²) >= 11 is 3.23. The summed E-state index contributed by atoms with van der Waals surface area (Å²) in [5, 5.41) is 1.96. The van der Waals surface area contributed by atoms with Gasteiger partial charge >= 0.3 is 0 Å². The molecule has 4 heterocycles. The van der Waals surface area contributed by atoms with Crippen LogP contribution >= 0.6 is 22.7 Å². The van der Waals surface area contributed by atoms with Gasteiger partial charge in [-0.05, 0) is 38.1 Å². The van der Waals surface area contributed by atoms with Gasteiger partial charge in [0, 0.05) is 34.9 Å². The van der Waals surface area contributed by atoms with Gasteiger partial charge in [-0.25, -0.2) is 9.97 Å². The lowest BCUT2D eigenvalue weighted by Gasteiger charge is -2.00. The predicted molar refractivity (Wildman–Crippen MR) is 91.2 cm³/mol. The molecular weight excluding hydrogens is 312 g/mol. The van der Waals surface area contributed by atoms with Crippen molar-refractivity contribution in [2.45, 2.75) is 13.8 Å². The smallest absolute Gasteiger partial charge is 0.155 e. The fourth-order valence-electron chi connectivity index (χ4n) is 2.29. The number of hydrogen-bond donors (Lipinski definition) is 0. The SMILES string of the molecule is Cc1ncccc1-c1nc2sc(-c3cccnc3C)nc2s1. The maximum absolute atomic E-state index is 4.73. The lowest BCUT2D eigenvalue weighted by atomic mass is 10.2. The van der Waals surface area contributed by atoms with Gasteiger partial charge in [0.05, 0.1) is 0 Å². The van der Waals surface area contributed by atoms with Crippen molar-refractivity contribution in [2.24, 2.45) is 0 Å². The minimum atomic E-state index is 0.974. The lowest BCUT2D eigenvalue weighted by molar-refractivity contribution is 1.20. The Labute approximate surface area is 135 Å². The predicted octanol–water partition coefficient (Wildman–Crippen LogP) is 4.49. The van der Waals surface area contributed by atoms with E-state index in [1.165, 1.54) is 0 Å². The molecule has 0 aliphatic carbocycles. The summed E-state index contributed by atoms with van der Waals surface area (Å²) in [6.45, 7) is 4.01. The van der Waals surface area contributed by atoms with Crippen LogP contribution in [-0.4, -0.2) is 19.9 Å². The largest absolute Gasteiger partial charge is 0.261 e. The van der Waals surface area contributed by atoms with Crippen LogP contribution in [0.4, 0.5) is 0 Å². The molecule has 0 N–H and O–H groups in total. The highest BCUT2D eigenvalue weighted by Gasteiger charge is 2.15. The Hall–Kier alpha value is -2.18. The van der Waals surface area contributed by atoms with E-state index in [9.17, 15) is 0 Å². The van der Waals surface area contributed by atoms with Gasteiger partial charge in [-0.2, -0.15) is 0 Å². The number of thiazole rings is 2. The van der Waals surface area contributed by atoms with Gasteiger partial charge in [0.25, 0.3) is 0 Å². The van der Waals surface area contributed by atoms with E-state index in [0.29, 0.717) is 0 Å². The average molecular weight is 324 g/mol. The quantitative estimate of drug-likeness (QED) is 0.545. The summed E-state index contributed by atoms with van der Waals surface area (Å²) in [5.41, 5.74) is 4.15. The third kappa shape index (κ3) is 2.20. The highest BCUT2D eigenvalue weighted by atomic mass is 32.1. The van der Waals surface area contributed by atoms with E-state index in [-0.39, 0.29) is 0 Å². The van der Waals surface area contributed by atoms with Crippen molar-refractivity contribution in [1.29, 1.82) is 0 Å². The van der Waals surface area contributed by atoms with Gasteiger partial charge in [-0.3, -0.25) is 9.97 Å². The second kappa shape index (κ2) is 5.23. The number of rotatable bonds is 2. The maximum atomic E-state index is 4.73. The van der Waals surface area contributed by atoms with E-state index in [2.05, 4.69) is 22.1 Å². The van der Waals surface area contributed by atoms with Crippen LogP contribution in [0.2, 0.25) is 0 Å². The van der Waals surface area contributed by atoms with Crippen LogP contribution in [0, 0.1) is 13.8 Å². The highest BCUT2D eigenvalue weighted by molar-refractivity contribution is 7.29. The molecular formula is C16H12N4S2. The molecule has 0 saturated carbocycles. The van der Waals surface area contributed by atoms with Crippen LogP contribution in [0.15, 0.2) is 36.7 Å². The Morgan fingerprint density at radius 1 is 0.727 bits per heavy atom. The van der Waals surface area contributed by atoms with Crippen LogP contribution in [0.1, 0.15) is 11.4 Å². The zero-order valence-corrected chi connectivity index (χ0v) is 13.7. The van der Waals surface area contributed by atoms with E-state index in [1.807, 2.05) is 26.0 Å². The molecule has 22 heavy (non-hydrogen) atoms. The van der Waals surface area contributed by atoms with Gasteiger partial charge in [-0.1, -0.05) is 22.7 Å². The number of aryl methyl sites for hydroxylation is 2. The summed E-state index contributed by atoms with van der Waals surface area (Å²) in [5.74, 6) is 0. The molecule has 0 atom stereocenters. The first-order chi connectivity index (χ1) is 10.7. The standard InChI is InChI=1S/C16H12N4S2/c1-9-11(5-3-7-17-9)13-19-15-16(21-13)20-14(22-15)12-6-4-8-18-10(12)2/h3-8H,1-2H3. The van der Waals surface area contributed by atoms with E-state index in [1.54, 1.807) is 35.1 Å². The van der Waals surface area contributed by atoms with Crippen molar-refractivity contribution in [3.63, 3.8) is 0 Å². The topological polar surface area (TPSA) is 51.6 Å². The van der Waals surface area contributed by atoms with Gasteiger partial charge in [0.15, 0.2) is 9.66 Å². The number of aromatic nitrogens is 4. The van der Waals surface area contributed by atoms with Gasteiger partial charge in [-0.15, -0.1) is 0 Å². The fourth-order valence-corrected chi connectivity index (χ4v) is 4.49. The molecule has 0 amide bonds. The first kappa shape index (κ1) is 13.5. The molecule has 0 fully saturated rings. The van der Waals surface area contributed by atoms with Crippen LogP contribution < -0.4 is 0 Å². The Morgan fingerprint density at radius 3 is 1.59 bits per heavy atom. The third-order valence-electron chi connectivity index (χ3n) is 3.45. The Bertz CT molecular complexity index is 865.